The van der Waals surface area contributed by atoms with Gasteiger partial charge in [0.15, 0.2) is 0 Å². The van der Waals surface area contributed by atoms with Crippen molar-refractivity contribution in [3.8, 4) is 5.75 Å². The van der Waals surface area contributed by atoms with Crippen molar-refractivity contribution in [3.05, 3.63) is 23.8 Å². The van der Waals surface area contributed by atoms with Crippen LogP contribution in [0.5, 0.6) is 5.75 Å². The number of anilines is 1. The van der Waals surface area contributed by atoms with Crippen LogP contribution in [0.1, 0.15) is 18.4 Å². The Labute approximate surface area is 114 Å². The predicted octanol–water partition coefficient (Wildman–Crippen LogP) is 1.74. The average Bonchev–Trinajstić information content (AvgIpc) is 2.28. The van der Waals surface area contributed by atoms with E-state index in [9.17, 15) is 26.7 Å². The Kier molecular flexibility index (Phi) is 5.23. The number of nitrogen functional groups attached to an aromatic ring is 1. The third-order valence-electron chi connectivity index (χ3n) is 2.46. The molecule has 0 aromatic heterocycles. The van der Waals surface area contributed by atoms with Gasteiger partial charge in [-0.1, -0.05) is 0 Å². The van der Waals surface area contributed by atoms with E-state index in [4.69, 9.17) is 5.73 Å². The Bertz CT molecular complexity index is 559. The van der Waals surface area contributed by atoms with Crippen LogP contribution in [0.25, 0.3) is 0 Å². The molecule has 0 radical (unpaired) electrons. The van der Waals surface area contributed by atoms with Crippen molar-refractivity contribution in [2.24, 2.45) is 0 Å². The summed E-state index contributed by atoms with van der Waals surface area (Å²) in [4.78, 5) is 0. The number of aromatic hydroxyl groups is 1. The van der Waals surface area contributed by atoms with Crippen LogP contribution in [0.2, 0.25) is 0 Å². The maximum atomic E-state index is 11.9. The number of halogens is 3. The summed E-state index contributed by atoms with van der Waals surface area (Å²) in [6.07, 6.45) is -6.04. The molecule has 0 aliphatic carbocycles. The number of phenols is 1. The number of alkyl halides is 3. The van der Waals surface area contributed by atoms with Crippen molar-refractivity contribution in [2.75, 3.05) is 11.5 Å². The molecule has 1 aromatic carbocycles. The van der Waals surface area contributed by atoms with Crippen LogP contribution >= 0.6 is 0 Å². The van der Waals surface area contributed by atoms with Gasteiger partial charge in [-0.2, -0.15) is 13.2 Å². The van der Waals surface area contributed by atoms with Crippen molar-refractivity contribution in [1.82, 2.24) is 4.72 Å². The molecule has 114 valence electrons. The molecule has 5 nitrogen and oxygen atoms in total. The van der Waals surface area contributed by atoms with Crippen molar-refractivity contribution in [3.63, 3.8) is 0 Å². The molecule has 0 aliphatic heterocycles. The second-order valence-corrected chi connectivity index (χ2v) is 6.17. The van der Waals surface area contributed by atoms with E-state index in [1.165, 1.54) is 18.2 Å². The largest absolute Gasteiger partial charge is 0.508 e. The lowest BCUT2D eigenvalue weighted by molar-refractivity contribution is -0.134. The third-order valence-corrected chi connectivity index (χ3v) is 3.87. The minimum atomic E-state index is -4.37. The van der Waals surface area contributed by atoms with E-state index < -0.39 is 34.8 Å². The Balaban J connectivity index is 2.53. The normalized spacial score (nSPS) is 12.6. The highest BCUT2D eigenvalue weighted by molar-refractivity contribution is 7.89. The molecule has 0 aliphatic rings. The first-order valence-corrected chi connectivity index (χ1v) is 7.36. The number of nitrogens with two attached hydrogens (primary N) is 1. The minimum Gasteiger partial charge on any atom is -0.508 e. The highest BCUT2D eigenvalue weighted by Gasteiger charge is 2.27. The molecule has 1 aromatic rings. The summed E-state index contributed by atoms with van der Waals surface area (Å²) < 4.78 is 60.9. The van der Waals surface area contributed by atoms with Gasteiger partial charge in [0.25, 0.3) is 0 Å². The fourth-order valence-electron chi connectivity index (χ4n) is 1.47. The number of phenolic OH excluding ortho intramolecular Hbond substituents is 1. The Morgan fingerprint density at radius 3 is 2.55 bits per heavy atom. The zero-order chi connectivity index (χ0) is 15.4. The van der Waals surface area contributed by atoms with Crippen LogP contribution in [0.4, 0.5) is 18.9 Å². The van der Waals surface area contributed by atoms with Gasteiger partial charge in [0.2, 0.25) is 10.0 Å². The van der Waals surface area contributed by atoms with E-state index in [2.05, 4.69) is 4.72 Å². The molecular formula is C11H15F3N2O3S. The third kappa shape index (κ3) is 6.11. The summed E-state index contributed by atoms with van der Waals surface area (Å²) >= 11 is 0. The first kappa shape index (κ1) is 16.6. The van der Waals surface area contributed by atoms with Crippen molar-refractivity contribution in [1.29, 1.82) is 0 Å². The Morgan fingerprint density at radius 1 is 1.30 bits per heavy atom. The van der Waals surface area contributed by atoms with Crippen LogP contribution in [0.15, 0.2) is 18.2 Å². The topological polar surface area (TPSA) is 92.4 Å². The van der Waals surface area contributed by atoms with Gasteiger partial charge in [0.1, 0.15) is 5.75 Å². The van der Waals surface area contributed by atoms with Crippen LogP contribution in [0, 0.1) is 0 Å². The van der Waals surface area contributed by atoms with Gasteiger partial charge in [-0.05, 0) is 24.6 Å². The quantitative estimate of drug-likeness (QED) is 0.551. The number of nitrogens with one attached hydrogen (secondary N) is 1. The summed E-state index contributed by atoms with van der Waals surface area (Å²) in [6.45, 7) is -0.231. The molecule has 9 heteroatoms. The maximum absolute atomic E-state index is 11.9. The number of sulfonamides is 1. The van der Waals surface area contributed by atoms with Gasteiger partial charge in [0.05, 0.1) is 5.75 Å². The monoisotopic (exact) mass is 312 g/mol. The average molecular weight is 312 g/mol. The van der Waals surface area contributed by atoms with Crippen LogP contribution in [0.3, 0.4) is 0 Å². The highest BCUT2D eigenvalue weighted by Crippen LogP contribution is 2.22. The van der Waals surface area contributed by atoms with E-state index in [-0.39, 0.29) is 17.9 Å². The van der Waals surface area contributed by atoms with Gasteiger partial charge in [-0.25, -0.2) is 13.1 Å². The second-order valence-electron chi connectivity index (χ2n) is 4.25. The van der Waals surface area contributed by atoms with E-state index in [1.54, 1.807) is 0 Å². The summed E-state index contributed by atoms with van der Waals surface area (Å²) in [7, 11) is -3.83. The fourth-order valence-corrected chi connectivity index (χ4v) is 2.51. The van der Waals surface area contributed by atoms with E-state index in [0.717, 1.165) is 0 Å². The molecule has 0 spiro atoms. The summed E-state index contributed by atoms with van der Waals surface area (Å²) in [5.41, 5.74) is 6.08. The maximum Gasteiger partial charge on any atom is 0.389 e. The van der Waals surface area contributed by atoms with Gasteiger partial charge in [-0.15, -0.1) is 0 Å². The van der Waals surface area contributed by atoms with Gasteiger partial charge >= 0.3 is 6.18 Å². The SMILES string of the molecule is Nc1ccc(O)c(CNS(=O)(=O)CCCC(F)(F)F)c1. The van der Waals surface area contributed by atoms with E-state index in [1.807, 2.05) is 0 Å². The lowest BCUT2D eigenvalue weighted by atomic mass is 10.2. The molecule has 0 bridgehead atoms. The molecule has 1 rings (SSSR count). The molecule has 0 amide bonds. The molecule has 0 fully saturated rings. The van der Waals surface area contributed by atoms with E-state index in [0.29, 0.717) is 5.69 Å². The first-order valence-electron chi connectivity index (χ1n) is 5.70. The lowest BCUT2D eigenvalue weighted by Crippen LogP contribution is -2.26. The number of rotatable bonds is 6. The molecule has 0 heterocycles. The first-order chi connectivity index (χ1) is 9.09. The van der Waals surface area contributed by atoms with Gasteiger partial charge in [0, 0.05) is 24.2 Å². The van der Waals surface area contributed by atoms with Gasteiger partial charge in [-0.3, -0.25) is 0 Å². The Morgan fingerprint density at radius 2 is 1.95 bits per heavy atom. The molecule has 0 atom stereocenters. The van der Waals surface area contributed by atoms with Crippen molar-refractivity contribution in [2.45, 2.75) is 25.6 Å². The molecule has 0 unspecified atom stereocenters. The summed E-state index contributed by atoms with van der Waals surface area (Å²) in [6, 6.07) is 4.13. The minimum absolute atomic E-state index is 0.141. The van der Waals surface area contributed by atoms with Crippen molar-refractivity contribution < 1.29 is 26.7 Å². The summed E-state index contributed by atoms with van der Waals surface area (Å²) in [5, 5.41) is 9.48. The molecule has 0 saturated carbocycles. The van der Waals surface area contributed by atoms with Crippen LogP contribution in [-0.2, 0) is 16.6 Å². The number of hydrogen-bond acceptors (Lipinski definition) is 4. The number of benzene rings is 1. The predicted molar refractivity (Wildman–Crippen MR) is 68.4 cm³/mol. The summed E-state index contributed by atoms with van der Waals surface area (Å²) in [5.74, 6) is -0.771. The standard InChI is InChI=1S/C11H15F3N2O3S/c12-11(13,14)4-1-5-20(18,19)16-7-8-6-9(15)2-3-10(8)17/h2-3,6,16-17H,1,4-5,7,15H2. The lowest BCUT2D eigenvalue weighted by Gasteiger charge is -2.09. The molecular weight excluding hydrogens is 297 g/mol. The van der Waals surface area contributed by atoms with Crippen molar-refractivity contribution >= 4 is 15.7 Å². The molecule has 0 saturated heterocycles. The highest BCUT2D eigenvalue weighted by atomic mass is 32.2. The fraction of sp³-hybridized carbons (Fsp3) is 0.455. The van der Waals surface area contributed by atoms with E-state index >= 15 is 0 Å². The van der Waals surface area contributed by atoms with Crippen LogP contribution < -0.4 is 10.5 Å². The smallest absolute Gasteiger partial charge is 0.389 e. The second kappa shape index (κ2) is 6.31. The van der Waals surface area contributed by atoms with Crippen LogP contribution in [-0.4, -0.2) is 25.5 Å². The van der Waals surface area contributed by atoms with Gasteiger partial charge < -0.3 is 10.8 Å². The molecule has 4 N–H and O–H groups in total. The Hall–Kier alpha value is -1.48. The zero-order valence-electron chi connectivity index (χ0n) is 10.4. The zero-order valence-corrected chi connectivity index (χ0v) is 11.3. The number of hydrogen-bond donors (Lipinski definition) is 3. The molecule has 20 heavy (non-hydrogen) atoms.